The standard InChI is InChI=1S/C16H23N3O2.ClH/c1-11(14(17)12-6-3-2-4-7-12)16(21)19-9-5-8-13(10-19)15(18)20;/h2-4,6-7,11,13-14H,5,8-10,17H2,1H3,(H2,18,20);1H. The summed E-state index contributed by atoms with van der Waals surface area (Å²) in [6.07, 6.45) is 1.57. The minimum Gasteiger partial charge on any atom is -0.369 e. The third-order valence-electron chi connectivity index (χ3n) is 4.25. The number of benzene rings is 1. The predicted molar refractivity (Wildman–Crippen MR) is 88.3 cm³/mol. The lowest BCUT2D eigenvalue weighted by Gasteiger charge is -2.34. The molecular formula is C16H24ClN3O2. The zero-order chi connectivity index (χ0) is 15.4. The van der Waals surface area contributed by atoms with E-state index in [4.69, 9.17) is 11.5 Å². The molecule has 122 valence electrons. The maximum Gasteiger partial charge on any atom is 0.227 e. The van der Waals surface area contributed by atoms with E-state index in [1.165, 1.54) is 0 Å². The number of hydrogen-bond acceptors (Lipinski definition) is 3. The second-order valence-corrected chi connectivity index (χ2v) is 5.75. The maximum atomic E-state index is 12.6. The Labute approximate surface area is 137 Å². The summed E-state index contributed by atoms with van der Waals surface area (Å²) < 4.78 is 0. The number of hydrogen-bond donors (Lipinski definition) is 2. The Hall–Kier alpha value is -1.59. The molecule has 1 aromatic carbocycles. The van der Waals surface area contributed by atoms with Gasteiger partial charge in [-0.2, -0.15) is 0 Å². The number of carbonyl (C=O) groups is 2. The normalized spacial score (nSPS) is 20.6. The fourth-order valence-corrected chi connectivity index (χ4v) is 2.82. The van der Waals surface area contributed by atoms with Gasteiger partial charge < -0.3 is 16.4 Å². The fourth-order valence-electron chi connectivity index (χ4n) is 2.82. The second-order valence-electron chi connectivity index (χ2n) is 5.75. The number of piperidine rings is 1. The van der Waals surface area contributed by atoms with Gasteiger partial charge in [0.1, 0.15) is 0 Å². The third-order valence-corrected chi connectivity index (χ3v) is 4.25. The van der Waals surface area contributed by atoms with E-state index in [1.807, 2.05) is 37.3 Å². The van der Waals surface area contributed by atoms with Gasteiger partial charge in [-0.3, -0.25) is 9.59 Å². The van der Waals surface area contributed by atoms with Crippen molar-refractivity contribution in [1.82, 2.24) is 4.90 Å². The van der Waals surface area contributed by atoms with Crippen molar-refractivity contribution in [1.29, 1.82) is 0 Å². The zero-order valence-corrected chi connectivity index (χ0v) is 13.6. The first-order valence-electron chi connectivity index (χ1n) is 7.39. The number of rotatable bonds is 4. The van der Waals surface area contributed by atoms with E-state index in [2.05, 4.69) is 0 Å². The van der Waals surface area contributed by atoms with Gasteiger partial charge in [-0.25, -0.2) is 0 Å². The number of amides is 2. The minimum absolute atomic E-state index is 0. The Balaban J connectivity index is 0.00000242. The molecule has 1 aromatic rings. The highest BCUT2D eigenvalue weighted by atomic mass is 35.5. The zero-order valence-electron chi connectivity index (χ0n) is 12.8. The van der Waals surface area contributed by atoms with Gasteiger partial charge in [0.15, 0.2) is 0 Å². The van der Waals surface area contributed by atoms with Gasteiger partial charge in [-0.15, -0.1) is 12.4 Å². The Kier molecular flexibility index (Phi) is 6.84. The third kappa shape index (κ3) is 4.21. The lowest BCUT2D eigenvalue weighted by molar-refractivity contribution is -0.138. The predicted octanol–water partition coefficient (Wildman–Crippen LogP) is 1.47. The molecule has 2 amide bonds. The summed E-state index contributed by atoms with van der Waals surface area (Å²) in [4.78, 5) is 25.6. The number of nitrogens with zero attached hydrogens (tertiary/aromatic N) is 1. The number of nitrogens with two attached hydrogens (primary N) is 2. The molecule has 1 aliphatic rings. The van der Waals surface area contributed by atoms with Crippen LogP contribution < -0.4 is 11.5 Å². The van der Waals surface area contributed by atoms with Gasteiger partial charge in [0.2, 0.25) is 11.8 Å². The summed E-state index contributed by atoms with van der Waals surface area (Å²) >= 11 is 0. The van der Waals surface area contributed by atoms with Crippen LogP contribution >= 0.6 is 12.4 Å². The van der Waals surface area contributed by atoms with E-state index in [-0.39, 0.29) is 42.1 Å². The summed E-state index contributed by atoms with van der Waals surface area (Å²) in [5.41, 5.74) is 12.5. The molecule has 0 aliphatic carbocycles. The smallest absolute Gasteiger partial charge is 0.227 e. The first kappa shape index (κ1) is 18.5. The van der Waals surface area contributed by atoms with Gasteiger partial charge >= 0.3 is 0 Å². The van der Waals surface area contributed by atoms with Crippen LogP contribution in [0.4, 0.5) is 0 Å². The number of carbonyl (C=O) groups excluding carboxylic acids is 2. The van der Waals surface area contributed by atoms with Gasteiger partial charge in [0, 0.05) is 19.1 Å². The van der Waals surface area contributed by atoms with Crippen molar-refractivity contribution in [2.45, 2.75) is 25.8 Å². The monoisotopic (exact) mass is 325 g/mol. The highest BCUT2D eigenvalue weighted by Crippen LogP contribution is 2.24. The molecule has 3 atom stereocenters. The lowest BCUT2D eigenvalue weighted by atomic mass is 9.91. The molecule has 0 saturated carbocycles. The van der Waals surface area contributed by atoms with Crippen molar-refractivity contribution in [3.05, 3.63) is 35.9 Å². The fraction of sp³-hybridized carbons (Fsp3) is 0.500. The van der Waals surface area contributed by atoms with E-state index in [0.717, 1.165) is 18.4 Å². The molecule has 6 heteroatoms. The Bertz CT molecular complexity index is 509. The van der Waals surface area contributed by atoms with Crippen LogP contribution in [0.1, 0.15) is 31.4 Å². The van der Waals surface area contributed by atoms with Crippen LogP contribution in [-0.2, 0) is 9.59 Å². The summed E-state index contributed by atoms with van der Waals surface area (Å²) in [7, 11) is 0. The average Bonchev–Trinajstić information content (AvgIpc) is 2.53. The number of primary amides is 1. The van der Waals surface area contributed by atoms with Crippen LogP contribution in [0.3, 0.4) is 0 Å². The quantitative estimate of drug-likeness (QED) is 0.878. The van der Waals surface area contributed by atoms with Crippen molar-refractivity contribution in [2.75, 3.05) is 13.1 Å². The summed E-state index contributed by atoms with van der Waals surface area (Å²) in [5, 5.41) is 0. The van der Waals surface area contributed by atoms with Crippen molar-refractivity contribution in [3.8, 4) is 0 Å². The van der Waals surface area contributed by atoms with Crippen LogP contribution in [0, 0.1) is 11.8 Å². The van der Waals surface area contributed by atoms with Crippen LogP contribution in [0.2, 0.25) is 0 Å². The molecule has 2 rings (SSSR count). The first-order valence-corrected chi connectivity index (χ1v) is 7.39. The molecular weight excluding hydrogens is 302 g/mol. The SMILES string of the molecule is CC(C(=O)N1CCCC(C(N)=O)C1)C(N)c1ccccc1.Cl. The molecule has 1 heterocycles. The highest BCUT2D eigenvalue weighted by Gasteiger charge is 2.31. The van der Waals surface area contributed by atoms with Crippen LogP contribution in [0.25, 0.3) is 0 Å². The number of halogens is 1. The Morgan fingerprint density at radius 1 is 1.27 bits per heavy atom. The van der Waals surface area contributed by atoms with E-state index in [1.54, 1.807) is 4.90 Å². The van der Waals surface area contributed by atoms with E-state index >= 15 is 0 Å². The van der Waals surface area contributed by atoms with Crippen LogP contribution in [0.5, 0.6) is 0 Å². The van der Waals surface area contributed by atoms with Crippen molar-refractivity contribution < 1.29 is 9.59 Å². The van der Waals surface area contributed by atoms with Gasteiger partial charge in [0.05, 0.1) is 11.8 Å². The maximum absolute atomic E-state index is 12.6. The molecule has 0 radical (unpaired) electrons. The van der Waals surface area contributed by atoms with E-state index in [9.17, 15) is 9.59 Å². The molecule has 0 aromatic heterocycles. The van der Waals surface area contributed by atoms with Crippen LogP contribution in [0.15, 0.2) is 30.3 Å². The van der Waals surface area contributed by atoms with Gasteiger partial charge in [-0.05, 0) is 18.4 Å². The van der Waals surface area contributed by atoms with Gasteiger partial charge in [0.25, 0.3) is 0 Å². The topological polar surface area (TPSA) is 89.4 Å². The van der Waals surface area contributed by atoms with E-state index in [0.29, 0.717) is 13.1 Å². The lowest BCUT2D eigenvalue weighted by Crippen LogP contribution is -2.47. The second kappa shape index (κ2) is 8.15. The Morgan fingerprint density at radius 3 is 2.50 bits per heavy atom. The largest absolute Gasteiger partial charge is 0.369 e. The molecule has 22 heavy (non-hydrogen) atoms. The van der Waals surface area contributed by atoms with Crippen LogP contribution in [-0.4, -0.2) is 29.8 Å². The number of likely N-dealkylation sites (tertiary alicyclic amines) is 1. The molecule has 1 saturated heterocycles. The molecule has 1 fully saturated rings. The minimum atomic E-state index is -0.340. The van der Waals surface area contributed by atoms with E-state index < -0.39 is 0 Å². The summed E-state index contributed by atoms with van der Waals surface area (Å²) in [6.45, 7) is 2.93. The van der Waals surface area contributed by atoms with Crippen molar-refractivity contribution in [3.63, 3.8) is 0 Å². The molecule has 0 spiro atoms. The summed E-state index contributed by atoms with van der Waals surface area (Å²) in [6, 6.07) is 9.26. The molecule has 0 bridgehead atoms. The highest BCUT2D eigenvalue weighted by molar-refractivity contribution is 5.85. The first-order chi connectivity index (χ1) is 10.0. The van der Waals surface area contributed by atoms with Crippen molar-refractivity contribution >= 4 is 24.2 Å². The average molecular weight is 326 g/mol. The molecule has 5 nitrogen and oxygen atoms in total. The summed E-state index contributed by atoms with van der Waals surface area (Å²) in [5.74, 6) is -0.883. The van der Waals surface area contributed by atoms with Crippen molar-refractivity contribution in [2.24, 2.45) is 23.3 Å². The molecule has 3 unspecified atom stereocenters. The Morgan fingerprint density at radius 2 is 1.91 bits per heavy atom. The molecule has 4 N–H and O–H groups in total. The van der Waals surface area contributed by atoms with Gasteiger partial charge in [-0.1, -0.05) is 37.3 Å². The molecule has 1 aliphatic heterocycles.